The van der Waals surface area contributed by atoms with Crippen LogP contribution in [0.25, 0.3) is 6.08 Å². The highest BCUT2D eigenvalue weighted by Gasteiger charge is 2.37. The highest BCUT2D eigenvalue weighted by Crippen LogP contribution is 2.30. The Balaban J connectivity index is 1.68. The van der Waals surface area contributed by atoms with E-state index >= 15 is 0 Å². The molecule has 0 radical (unpaired) electrons. The number of amides is 4. The number of nitrogens with one attached hydrogen (secondary N) is 1. The number of imide groups is 2. The second-order valence-corrected chi connectivity index (χ2v) is 8.20. The molecule has 1 N–H and O–H groups in total. The van der Waals surface area contributed by atoms with Gasteiger partial charge in [0.25, 0.3) is 11.8 Å². The van der Waals surface area contributed by atoms with Crippen LogP contribution in [0.4, 0.5) is 16.2 Å². The van der Waals surface area contributed by atoms with Crippen molar-refractivity contribution in [1.82, 2.24) is 5.32 Å². The zero-order valence-electron chi connectivity index (χ0n) is 18.6. The van der Waals surface area contributed by atoms with Gasteiger partial charge in [0, 0.05) is 30.4 Å². The highest BCUT2D eigenvalue weighted by molar-refractivity contribution is 6.39. The smallest absolute Gasteiger partial charge is 0.335 e. The average molecular weight is 434 g/mol. The molecule has 2 aliphatic rings. The molecule has 7 nitrogen and oxygen atoms in total. The van der Waals surface area contributed by atoms with Crippen molar-refractivity contribution in [2.75, 3.05) is 30.0 Å². The van der Waals surface area contributed by atoms with Crippen LogP contribution in [-0.4, -0.2) is 38.0 Å². The Bertz CT molecular complexity index is 1120. The Kier molecular flexibility index (Phi) is 5.99. The number of hydrogen-bond donors (Lipinski definition) is 1. The van der Waals surface area contributed by atoms with Crippen molar-refractivity contribution in [2.24, 2.45) is 0 Å². The van der Waals surface area contributed by atoms with Crippen molar-refractivity contribution >= 4 is 35.3 Å². The quantitative estimate of drug-likeness (QED) is 0.583. The topological polar surface area (TPSA) is 79.0 Å². The predicted octanol–water partition coefficient (Wildman–Crippen LogP) is 3.97. The van der Waals surface area contributed by atoms with Crippen LogP contribution < -0.4 is 19.9 Å². The molecule has 2 heterocycles. The van der Waals surface area contributed by atoms with Gasteiger partial charge in [-0.25, -0.2) is 9.69 Å². The molecule has 2 aromatic carbocycles. The first kappa shape index (κ1) is 21.6. The molecule has 0 spiro atoms. The minimum atomic E-state index is -0.757. The molecular formula is C25H27N3O4. The van der Waals surface area contributed by atoms with E-state index in [2.05, 4.69) is 10.2 Å². The molecule has 0 aliphatic carbocycles. The molecule has 4 amide bonds. The SMILES string of the molecule is COc1cc(N2CCCCC2)ccc1/C=C1\C(=O)NC(=O)N(c2ccc(C)c(C)c2)C1=O. The van der Waals surface area contributed by atoms with Crippen molar-refractivity contribution in [2.45, 2.75) is 33.1 Å². The minimum absolute atomic E-state index is 0.119. The second-order valence-electron chi connectivity index (χ2n) is 8.20. The molecule has 2 fully saturated rings. The van der Waals surface area contributed by atoms with Crippen molar-refractivity contribution in [3.05, 3.63) is 58.7 Å². The van der Waals surface area contributed by atoms with E-state index in [1.807, 2.05) is 38.1 Å². The number of carbonyl (C=O) groups excluding carboxylic acids is 3. The summed E-state index contributed by atoms with van der Waals surface area (Å²) in [5, 5.41) is 2.27. The Labute approximate surface area is 187 Å². The maximum Gasteiger partial charge on any atom is 0.335 e. The maximum atomic E-state index is 13.2. The van der Waals surface area contributed by atoms with Gasteiger partial charge in [-0.3, -0.25) is 14.9 Å². The first-order valence-corrected chi connectivity index (χ1v) is 10.8. The van der Waals surface area contributed by atoms with Crippen LogP contribution in [0.15, 0.2) is 42.0 Å². The van der Waals surface area contributed by atoms with Gasteiger partial charge in [-0.2, -0.15) is 0 Å². The number of hydrogen-bond acceptors (Lipinski definition) is 5. The number of rotatable bonds is 4. The summed E-state index contributed by atoms with van der Waals surface area (Å²) in [7, 11) is 1.56. The van der Waals surface area contributed by atoms with Gasteiger partial charge in [0.05, 0.1) is 12.8 Å². The van der Waals surface area contributed by atoms with Gasteiger partial charge in [-0.05, 0) is 74.6 Å². The van der Waals surface area contributed by atoms with Crippen molar-refractivity contribution < 1.29 is 19.1 Å². The van der Waals surface area contributed by atoms with E-state index < -0.39 is 17.8 Å². The van der Waals surface area contributed by atoms with Gasteiger partial charge in [-0.15, -0.1) is 0 Å². The number of ether oxygens (including phenoxy) is 1. The van der Waals surface area contributed by atoms with Gasteiger partial charge >= 0.3 is 6.03 Å². The van der Waals surface area contributed by atoms with Crippen molar-refractivity contribution in [1.29, 1.82) is 0 Å². The Morgan fingerprint density at radius 1 is 0.906 bits per heavy atom. The number of urea groups is 1. The Morgan fingerprint density at radius 3 is 2.31 bits per heavy atom. The summed E-state index contributed by atoms with van der Waals surface area (Å²) >= 11 is 0. The summed E-state index contributed by atoms with van der Waals surface area (Å²) in [4.78, 5) is 41.5. The number of barbiturate groups is 1. The fourth-order valence-electron chi connectivity index (χ4n) is 4.08. The maximum absolute atomic E-state index is 13.2. The lowest BCUT2D eigenvalue weighted by Crippen LogP contribution is -2.54. The molecule has 0 unspecified atom stereocenters. The van der Waals surface area contributed by atoms with Crippen LogP contribution in [-0.2, 0) is 9.59 Å². The van der Waals surface area contributed by atoms with Crippen molar-refractivity contribution in [3.8, 4) is 5.75 Å². The largest absolute Gasteiger partial charge is 0.496 e. The minimum Gasteiger partial charge on any atom is -0.496 e. The normalized spacial score (nSPS) is 18.2. The van der Waals surface area contributed by atoms with Gasteiger partial charge in [-0.1, -0.05) is 6.07 Å². The van der Waals surface area contributed by atoms with Crippen LogP contribution >= 0.6 is 0 Å². The van der Waals surface area contributed by atoms with Crippen LogP contribution in [0, 0.1) is 13.8 Å². The monoisotopic (exact) mass is 433 g/mol. The van der Waals surface area contributed by atoms with Gasteiger partial charge in [0.2, 0.25) is 0 Å². The molecule has 2 aliphatic heterocycles. The molecule has 0 saturated carbocycles. The first-order chi connectivity index (χ1) is 15.4. The molecule has 2 saturated heterocycles. The van der Waals surface area contributed by atoms with Gasteiger partial charge in [0.15, 0.2) is 0 Å². The molecular weight excluding hydrogens is 406 g/mol. The van der Waals surface area contributed by atoms with Crippen LogP contribution in [0.5, 0.6) is 5.75 Å². The van der Waals surface area contributed by atoms with Crippen molar-refractivity contribution in [3.63, 3.8) is 0 Å². The number of nitrogens with zero attached hydrogens (tertiary/aromatic N) is 2. The molecule has 7 heteroatoms. The molecule has 0 atom stereocenters. The molecule has 0 aromatic heterocycles. The van der Waals surface area contributed by atoms with Crippen LogP contribution in [0.1, 0.15) is 36.0 Å². The fraction of sp³-hybridized carbons (Fsp3) is 0.320. The number of aryl methyl sites for hydroxylation is 2. The average Bonchev–Trinajstić information content (AvgIpc) is 2.79. The summed E-state index contributed by atoms with van der Waals surface area (Å²) < 4.78 is 5.56. The summed E-state index contributed by atoms with van der Waals surface area (Å²) in [5.41, 5.74) is 3.94. The summed E-state index contributed by atoms with van der Waals surface area (Å²) in [6, 6.07) is 10.3. The Morgan fingerprint density at radius 2 is 1.62 bits per heavy atom. The van der Waals surface area contributed by atoms with E-state index in [0.717, 1.165) is 47.6 Å². The number of carbonyl (C=O) groups is 3. The lowest BCUT2D eigenvalue weighted by Gasteiger charge is -2.29. The van der Waals surface area contributed by atoms with E-state index in [0.29, 0.717) is 17.0 Å². The van der Waals surface area contributed by atoms with E-state index in [-0.39, 0.29) is 5.57 Å². The number of anilines is 2. The lowest BCUT2D eigenvalue weighted by molar-refractivity contribution is -0.122. The highest BCUT2D eigenvalue weighted by atomic mass is 16.5. The standard InChI is InChI=1S/C25H27N3O4/c1-16-7-9-20(13-17(16)2)28-24(30)21(23(29)26-25(28)31)14-18-8-10-19(15-22(18)32-3)27-11-5-4-6-12-27/h7-10,13-15H,4-6,11-12H2,1-3H3,(H,26,29,31)/b21-14+. The van der Waals surface area contributed by atoms with Crippen LogP contribution in [0.3, 0.4) is 0 Å². The lowest BCUT2D eigenvalue weighted by atomic mass is 10.0. The van der Waals surface area contributed by atoms with E-state index in [1.165, 1.54) is 12.5 Å². The fourth-order valence-corrected chi connectivity index (χ4v) is 4.08. The Hall–Kier alpha value is -3.61. The van der Waals surface area contributed by atoms with E-state index in [1.54, 1.807) is 19.2 Å². The third-order valence-corrected chi connectivity index (χ3v) is 6.09. The predicted molar refractivity (Wildman–Crippen MR) is 124 cm³/mol. The molecule has 4 rings (SSSR count). The third kappa shape index (κ3) is 4.10. The zero-order valence-corrected chi connectivity index (χ0v) is 18.6. The summed E-state index contributed by atoms with van der Waals surface area (Å²) in [6.45, 7) is 5.85. The molecule has 32 heavy (non-hydrogen) atoms. The van der Waals surface area contributed by atoms with Crippen LogP contribution in [0.2, 0.25) is 0 Å². The number of benzene rings is 2. The molecule has 166 valence electrons. The van der Waals surface area contributed by atoms with Gasteiger partial charge in [0.1, 0.15) is 11.3 Å². The zero-order chi connectivity index (χ0) is 22.8. The third-order valence-electron chi connectivity index (χ3n) is 6.09. The van der Waals surface area contributed by atoms with Gasteiger partial charge < -0.3 is 9.64 Å². The summed E-state index contributed by atoms with van der Waals surface area (Å²) in [5.74, 6) is -0.817. The second kappa shape index (κ2) is 8.86. The van der Waals surface area contributed by atoms with E-state index in [4.69, 9.17) is 4.74 Å². The van der Waals surface area contributed by atoms with E-state index in [9.17, 15) is 14.4 Å². The number of piperidine rings is 1. The molecule has 0 bridgehead atoms. The number of methoxy groups -OCH3 is 1. The first-order valence-electron chi connectivity index (χ1n) is 10.8. The molecule has 2 aromatic rings. The summed E-state index contributed by atoms with van der Waals surface area (Å²) in [6.07, 6.45) is 5.04.